The number of benzene rings is 1. The number of fused-ring (bicyclic) bond motifs is 1. The van der Waals surface area contributed by atoms with Crippen LogP contribution in [0.25, 0.3) is 10.9 Å². The summed E-state index contributed by atoms with van der Waals surface area (Å²) in [6.07, 6.45) is 5.35. The number of hydrogen-bond donors (Lipinski definition) is 2. The van der Waals surface area contributed by atoms with Crippen molar-refractivity contribution in [3.05, 3.63) is 54.5 Å². The molecule has 0 aliphatic carbocycles. The molecular formula is C16H15N3O2. The number of H-pyrrole nitrogens is 1. The molecule has 0 bridgehead atoms. The first-order valence-corrected chi connectivity index (χ1v) is 6.61. The van der Waals surface area contributed by atoms with Gasteiger partial charge in [-0.25, -0.2) is 0 Å². The number of carbonyl (C=O) groups excluding carboxylic acids is 1. The van der Waals surface area contributed by atoms with Crippen LogP contribution in [0, 0.1) is 0 Å². The van der Waals surface area contributed by atoms with Crippen LogP contribution in [0.2, 0.25) is 0 Å². The van der Waals surface area contributed by atoms with Crippen molar-refractivity contribution in [1.82, 2.24) is 9.97 Å². The molecule has 2 aromatic heterocycles. The fourth-order valence-electron chi connectivity index (χ4n) is 2.30. The van der Waals surface area contributed by atoms with E-state index >= 15 is 0 Å². The molecule has 5 nitrogen and oxygen atoms in total. The lowest BCUT2D eigenvalue weighted by Crippen LogP contribution is -2.15. The van der Waals surface area contributed by atoms with Crippen molar-refractivity contribution in [2.24, 2.45) is 0 Å². The predicted molar refractivity (Wildman–Crippen MR) is 81.4 cm³/mol. The molecule has 5 heteroatoms. The van der Waals surface area contributed by atoms with Gasteiger partial charge in [-0.2, -0.15) is 0 Å². The first kappa shape index (κ1) is 13.2. The second-order valence-electron chi connectivity index (χ2n) is 4.66. The fraction of sp³-hybridized carbons (Fsp3) is 0.125. The molecule has 0 radical (unpaired) electrons. The number of hydrogen-bond acceptors (Lipinski definition) is 3. The third kappa shape index (κ3) is 2.72. The highest BCUT2D eigenvalue weighted by Crippen LogP contribution is 2.23. The van der Waals surface area contributed by atoms with Crippen LogP contribution in [-0.4, -0.2) is 23.0 Å². The van der Waals surface area contributed by atoms with Gasteiger partial charge in [-0.1, -0.05) is 18.2 Å². The molecule has 0 saturated carbocycles. The Kier molecular flexibility index (Phi) is 3.55. The number of ether oxygens (including phenoxy) is 1. The monoisotopic (exact) mass is 281 g/mol. The van der Waals surface area contributed by atoms with E-state index in [0.717, 1.165) is 16.5 Å². The van der Waals surface area contributed by atoms with Gasteiger partial charge in [0.1, 0.15) is 11.4 Å². The Morgan fingerprint density at radius 2 is 2.19 bits per heavy atom. The lowest BCUT2D eigenvalue weighted by atomic mass is 10.1. The average Bonchev–Trinajstić information content (AvgIpc) is 2.91. The lowest BCUT2D eigenvalue weighted by molar-refractivity contribution is -0.115. The highest BCUT2D eigenvalue weighted by atomic mass is 16.5. The van der Waals surface area contributed by atoms with Gasteiger partial charge in [-0.15, -0.1) is 0 Å². The molecule has 0 aliphatic heterocycles. The molecule has 3 aromatic rings. The third-order valence-electron chi connectivity index (χ3n) is 3.30. The third-order valence-corrected chi connectivity index (χ3v) is 3.30. The van der Waals surface area contributed by atoms with Crippen molar-refractivity contribution in [2.75, 3.05) is 12.4 Å². The summed E-state index contributed by atoms with van der Waals surface area (Å²) in [6.45, 7) is 0. The Labute approximate surface area is 122 Å². The van der Waals surface area contributed by atoms with Crippen molar-refractivity contribution < 1.29 is 9.53 Å². The van der Waals surface area contributed by atoms with Gasteiger partial charge in [0.15, 0.2) is 0 Å². The number of pyridine rings is 1. The molecule has 0 fully saturated rings. The van der Waals surface area contributed by atoms with Gasteiger partial charge < -0.3 is 15.0 Å². The zero-order chi connectivity index (χ0) is 14.7. The van der Waals surface area contributed by atoms with Crippen molar-refractivity contribution in [2.45, 2.75) is 6.42 Å². The minimum atomic E-state index is -0.106. The normalized spacial score (nSPS) is 10.5. The first-order valence-electron chi connectivity index (χ1n) is 6.61. The van der Waals surface area contributed by atoms with E-state index in [9.17, 15) is 4.79 Å². The summed E-state index contributed by atoms with van der Waals surface area (Å²) in [4.78, 5) is 19.3. The van der Waals surface area contributed by atoms with Gasteiger partial charge in [-0.05, 0) is 11.6 Å². The first-order chi connectivity index (χ1) is 10.3. The van der Waals surface area contributed by atoms with Crippen LogP contribution in [0.3, 0.4) is 0 Å². The number of methoxy groups -OCH3 is 1. The van der Waals surface area contributed by atoms with E-state index in [-0.39, 0.29) is 5.91 Å². The van der Waals surface area contributed by atoms with Crippen molar-refractivity contribution in [3.63, 3.8) is 0 Å². The van der Waals surface area contributed by atoms with Crippen LogP contribution in [-0.2, 0) is 11.2 Å². The maximum atomic E-state index is 12.2. The van der Waals surface area contributed by atoms with E-state index in [4.69, 9.17) is 4.74 Å². The van der Waals surface area contributed by atoms with Crippen molar-refractivity contribution >= 4 is 22.5 Å². The van der Waals surface area contributed by atoms with E-state index in [0.29, 0.717) is 17.9 Å². The van der Waals surface area contributed by atoms with E-state index in [1.165, 1.54) is 0 Å². The molecular weight excluding hydrogens is 266 g/mol. The molecule has 1 amide bonds. The number of rotatable bonds is 4. The standard InChI is InChI=1S/C16H15N3O2/c1-21-15-6-7-17-10-14(15)19-16(20)8-11-9-18-13-5-3-2-4-12(11)13/h2-7,9-10,18H,8H2,1H3,(H,19,20). The van der Waals surface area contributed by atoms with Crippen molar-refractivity contribution in [3.8, 4) is 5.75 Å². The fourth-order valence-corrected chi connectivity index (χ4v) is 2.30. The number of carbonyl (C=O) groups is 1. The molecule has 0 aliphatic rings. The molecule has 0 spiro atoms. The van der Waals surface area contributed by atoms with Gasteiger partial charge in [-0.3, -0.25) is 9.78 Å². The molecule has 2 N–H and O–H groups in total. The van der Waals surface area contributed by atoms with E-state index in [1.54, 1.807) is 25.6 Å². The summed E-state index contributed by atoms with van der Waals surface area (Å²) >= 11 is 0. The number of amides is 1. The molecule has 0 unspecified atom stereocenters. The van der Waals surface area contributed by atoms with E-state index < -0.39 is 0 Å². The Morgan fingerprint density at radius 1 is 1.33 bits per heavy atom. The highest BCUT2D eigenvalue weighted by molar-refractivity contribution is 5.96. The smallest absolute Gasteiger partial charge is 0.229 e. The topological polar surface area (TPSA) is 67.0 Å². The number of para-hydroxylation sites is 1. The number of aromatic amines is 1. The summed E-state index contributed by atoms with van der Waals surface area (Å²) in [5, 5.41) is 3.89. The van der Waals surface area contributed by atoms with Crippen LogP contribution in [0.4, 0.5) is 5.69 Å². The minimum absolute atomic E-state index is 0.106. The summed E-state index contributed by atoms with van der Waals surface area (Å²) < 4.78 is 5.19. The van der Waals surface area contributed by atoms with E-state index in [1.807, 2.05) is 30.5 Å². The van der Waals surface area contributed by atoms with Gasteiger partial charge in [0.2, 0.25) is 5.91 Å². The Morgan fingerprint density at radius 3 is 3.05 bits per heavy atom. The van der Waals surface area contributed by atoms with Gasteiger partial charge >= 0.3 is 0 Å². The maximum Gasteiger partial charge on any atom is 0.229 e. The Bertz CT molecular complexity index is 780. The summed E-state index contributed by atoms with van der Waals surface area (Å²) in [5.41, 5.74) is 2.56. The minimum Gasteiger partial charge on any atom is -0.494 e. The largest absolute Gasteiger partial charge is 0.494 e. The zero-order valence-corrected chi connectivity index (χ0v) is 11.6. The van der Waals surface area contributed by atoms with E-state index in [2.05, 4.69) is 15.3 Å². The Balaban J connectivity index is 1.77. The molecule has 21 heavy (non-hydrogen) atoms. The van der Waals surface area contributed by atoms with Crippen LogP contribution >= 0.6 is 0 Å². The van der Waals surface area contributed by atoms with Crippen LogP contribution in [0.5, 0.6) is 5.75 Å². The average molecular weight is 281 g/mol. The molecule has 2 heterocycles. The predicted octanol–water partition coefficient (Wildman–Crippen LogP) is 2.75. The SMILES string of the molecule is COc1ccncc1NC(=O)Cc1c[nH]c2ccccc12. The molecule has 0 saturated heterocycles. The van der Waals surface area contributed by atoms with Crippen LogP contribution in [0.15, 0.2) is 48.9 Å². The number of aromatic nitrogens is 2. The number of nitrogens with zero attached hydrogens (tertiary/aromatic N) is 1. The quantitative estimate of drug-likeness (QED) is 0.772. The molecule has 1 aromatic carbocycles. The van der Waals surface area contributed by atoms with Gasteiger partial charge in [0, 0.05) is 29.4 Å². The van der Waals surface area contributed by atoms with Crippen LogP contribution < -0.4 is 10.1 Å². The lowest BCUT2D eigenvalue weighted by Gasteiger charge is -2.08. The second-order valence-corrected chi connectivity index (χ2v) is 4.66. The summed E-state index contributed by atoms with van der Waals surface area (Å²) in [6, 6.07) is 9.62. The molecule has 106 valence electrons. The summed E-state index contributed by atoms with van der Waals surface area (Å²) in [5.74, 6) is 0.489. The summed E-state index contributed by atoms with van der Waals surface area (Å²) in [7, 11) is 1.56. The zero-order valence-electron chi connectivity index (χ0n) is 11.6. The molecule has 3 rings (SSSR count). The van der Waals surface area contributed by atoms with Gasteiger partial charge in [0.05, 0.1) is 19.7 Å². The maximum absolute atomic E-state index is 12.2. The van der Waals surface area contributed by atoms with Crippen molar-refractivity contribution in [1.29, 1.82) is 0 Å². The number of anilines is 1. The number of nitrogens with one attached hydrogen (secondary N) is 2. The van der Waals surface area contributed by atoms with Crippen LogP contribution in [0.1, 0.15) is 5.56 Å². The highest BCUT2D eigenvalue weighted by Gasteiger charge is 2.11. The molecule has 0 atom stereocenters. The Hall–Kier alpha value is -2.82. The second kappa shape index (κ2) is 5.66. The van der Waals surface area contributed by atoms with Gasteiger partial charge in [0.25, 0.3) is 0 Å².